The van der Waals surface area contributed by atoms with Crippen LogP contribution in [0.2, 0.25) is 0 Å². The van der Waals surface area contributed by atoms with E-state index in [1.165, 1.54) is 12.3 Å². The third-order valence-electron chi connectivity index (χ3n) is 2.18. The second kappa shape index (κ2) is 4.60. The van der Waals surface area contributed by atoms with Crippen molar-refractivity contribution in [1.82, 2.24) is 14.8 Å². The fraction of sp³-hybridized carbons (Fsp3) is 0.200. The Labute approximate surface area is 97.2 Å². The van der Waals surface area contributed by atoms with E-state index in [0.717, 1.165) is 11.4 Å². The molecule has 0 aliphatic carbocycles. The lowest BCUT2D eigenvalue weighted by Gasteiger charge is -2.01. The molecule has 2 rings (SSSR count). The molecule has 2 heterocycles. The van der Waals surface area contributed by atoms with Crippen LogP contribution in [0.1, 0.15) is 5.69 Å². The number of hydrogen-bond acceptors (Lipinski definition) is 5. The molecule has 0 bridgehead atoms. The van der Waals surface area contributed by atoms with Gasteiger partial charge >= 0.3 is 5.82 Å². The molecule has 7 nitrogen and oxygen atoms in total. The zero-order valence-electron chi connectivity index (χ0n) is 9.20. The first-order valence-electron chi connectivity index (χ1n) is 4.98. The third kappa shape index (κ3) is 2.77. The maximum Gasteiger partial charge on any atom is 0.363 e. The van der Waals surface area contributed by atoms with Crippen molar-refractivity contribution in [2.24, 2.45) is 7.05 Å². The Kier molecular flexibility index (Phi) is 2.99. The van der Waals surface area contributed by atoms with Gasteiger partial charge in [-0.25, -0.2) is 0 Å². The SMILES string of the molecule is Cn1ccc(CNc2ccc([N+](=O)[O-])nc2)n1. The van der Waals surface area contributed by atoms with Crippen LogP contribution >= 0.6 is 0 Å². The molecule has 0 amide bonds. The number of anilines is 1. The zero-order valence-corrected chi connectivity index (χ0v) is 9.20. The first-order chi connectivity index (χ1) is 8.15. The van der Waals surface area contributed by atoms with Crippen LogP contribution in [-0.2, 0) is 13.6 Å². The number of aromatic nitrogens is 3. The number of hydrogen-bond donors (Lipinski definition) is 1. The molecule has 0 unspecified atom stereocenters. The van der Waals surface area contributed by atoms with Crippen molar-refractivity contribution in [2.45, 2.75) is 6.54 Å². The third-order valence-corrected chi connectivity index (χ3v) is 2.18. The standard InChI is InChI=1S/C10H11N5O2/c1-14-5-4-9(13-14)7-11-8-2-3-10(12-6-8)15(16)17/h2-6,11H,7H2,1H3. The number of nitrogens with zero attached hydrogens (tertiary/aromatic N) is 4. The van der Waals surface area contributed by atoms with E-state index in [-0.39, 0.29) is 5.82 Å². The van der Waals surface area contributed by atoms with Gasteiger partial charge < -0.3 is 15.4 Å². The molecule has 88 valence electrons. The minimum atomic E-state index is -0.525. The molecule has 1 N–H and O–H groups in total. The molecule has 0 radical (unpaired) electrons. The first kappa shape index (κ1) is 11.1. The van der Waals surface area contributed by atoms with E-state index in [9.17, 15) is 10.1 Å². The molecule has 2 aromatic rings. The Hall–Kier alpha value is -2.44. The summed E-state index contributed by atoms with van der Waals surface area (Å²) in [6.07, 6.45) is 3.28. The summed E-state index contributed by atoms with van der Waals surface area (Å²) < 4.78 is 1.71. The van der Waals surface area contributed by atoms with Crippen molar-refractivity contribution in [1.29, 1.82) is 0 Å². The average molecular weight is 233 g/mol. The molecule has 0 saturated heterocycles. The van der Waals surface area contributed by atoms with Crippen LogP contribution in [0.5, 0.6) is 0 Å². The van der Waals surface area contributed by atoms with E-state index in [1.54, 1.807) is 10.7 Å². The summed E-state index contributed by atoms with van der Waals surface area (Å²) in [6.45, 7) is 0.556. The summed E-state index contributed by atoms with van der Waals surface area (Å²) in [6, 6.07) is 4.88. The Morgan fingerprint density at radius 1 is 1.47 bits per heavy atom. The number of nitrogens with one attached hydrogen (secondary N) is 1. The van der Waals surface area contributed by atoms with Gasteiger partial charge in [0.2, 0.25) is 0 Å². The fourth-order valence-corrected chi connectivity index (χ4v) is 1.35. The van der Waals surface area contributed by atoms with Crippen LogP contribution in [0.4, 0.5) is 11.5 Å². The van der Waals surface area contributed by atoms with Crippen molar-refractivity contribution >= 4 is 11.5 Å². The predicted molar refractivity (Wildman–Crippen MR) is 61.4 cm³/mol. The maximum absolute atomic E-state index is 10.4. The summed E-state index contributed by atoms with van der Waals surface area (Å²) in [5.74, 6) is -0.159. The Bertz CT molecular complexity index is 520. The Morgan fingerprint density at radius 2 is 2.29 bits per heavy atom. The molecular formula is C10H11N5O2. The first-order valence-corrected chi connectivity index (χ1v) is 4.98. The Morgan fingerprint density at radius 3 is 2.82 bits per heavy atom. The van der Waals surface area contributed by atoms with Gasteiger partial charge in [-0.15, -0.1) is 0 Å². The van der Waals surface area contributed by atoms with Crippen LogP contribution in [0.15, 0.2) is 30.6 Å². The van der Waals surface area contributed by atoms with Crippen LogP contribution in [0, 0.1) is 10.1 Å². The molecule has 7 heteroatoms. The summed E-state index contributed by atoms with van der Waals surface area (Å²) in [5.41, 5.74) is 1.62. The lowest BCUT2D eigenvalue weighted by molar-refractivity contribution is -0.389. The highest BCUT2D eigenvalue weighted by atomic mass is 16.6. The van der Waals surface area contributed by atoms with Crippen LogP contribution in [0.25, 0.3) is 0 Å². The minimum Gasteiger partial charge on any atom is -0.376 e. The van der Waals surface area contributed by atoms with Gasteiger partial charge in [0.25, 0.3) is 0 Å². The largest absolute Gasteiger partial charge is 0.376 e. The highest BCUT2D eigenvalue weighted by Gasteiger charge is 2.06. The normalized spacial score (nSPS) is 10.2. The molecule has 0 spiro atoms. The maximum atomic E-state index is 10.4. The Balaban J connectivity index is 1.97. The minimum absolute atomic E-state index is 0.159. The molecule has 0 aliphatic heterocycles. The van der Waals surface area contributed by atoms with Crippen molar-refractivity contribution in [3.63, 3.8) is 0 Å². The molecule has 0 fully saturated rings. The number of nitro groups is 1. The van der Waals surface area contributed by atoms with E-state index in [1.807, 2.05) is 19.3 Å². The molecule has 0 aromatic carbocycles. The van der Waals surface area contributed by atoms with Crippen molar-refractivity contribution in [3.05, 3.63) is 46.4 Å². The van der Waals surface area contributed by atoms with Gasteiger partial charge in [-0.1, -0.05) is 0 Å². The fourth-order valence-electron chi connectivity index (χ4n) is 1.35. The molecule has 2 aromatic heterocycles. The lowest BCUT2D eigenvalue weighted by Crippen LogP contribution is -2.02. The molecule has 0 atom stereocenters. The van der Waals surface area contributed by atoms with Gasteiger partial charge in [-0.3, -0.25) is 4.68 Å². The van der Waals surface area contributed by atoms with Gasteiger partial charge in [0.15, 0.2) is 6.20 Å². The summed E-state index contributed by atoms with van der Waals surface area (Å²) in [7, 11) is 1.84. The van der Waals surface area contributed by atoms with E-state index in [2.05, 4.69) is 15.4 Å². The van der Waals surface area contributed by atoms with Gasteiger partial charge in [0, 0.05) is 19.3 Å². The summed E-state index contributed by atoms with van der Waals surface area (Å²) in [4.78, 5) is 13.6. The van der Waals surface area contributed by atoms with Crippen molar-refractivity contribution in [3.8, 4) is 0 Å². The lowest BCUT2D eigenvalue weighted by atomic mass is 10.3. The topological polar surface area (TPSA) is 85.9 Å². The smallest absolute Gasteiger partial charge is 0.363 e. The number of pyridine rings is 1. The second-order valence-corrected chi connectivity index (χ2v) is 3.50. The van der Waals surface area contributed by atoms with Gasteiger partial charge in [-0.2, -0.15) is 5.10 Å². The molecular weight excluding hydrogens is 222 g/mol. The highest BCUT2D eigenvalue weighted by Crippen LogP contribution is 2.12. The number of rotatable bonds is 4. The quantitative estimate of drug-likeness (QED) is 0.636. The summed E-state index contributed by atoms with van der Waals surface area (Å²) >= 11 is 0. The molecule has 0 saturated carbocycles. The molecule has 17 heavy (non-hydrogen) atoms. The van der Waals surface area contributed by atoms with E-state index < -0.39 is 4.92 Å². The van der Waals surface area contributed by atoms with E-state index >= 15 is 0 Å². The van der Waals surface area contributed by atoms with Crippen LogP contribution in [0.3, 0.4) is 0 Å². The van der Waals surface area contributed by atoms with Crippen LogP contribution < -0.4 is 5.32 Å². The average Bonchev–Trinajstić information content (AvgIpc) is 2.73. The number of aryl methyl sites for hydroxylation is 1. The highest BCUT2D eigenvalue weighted by molar-refractivity contribution is 5.43. The van der Waals surface area contributed by atoms with Crippen molar-refractivity contribution in [2.75, 3.05) is 5.32 Å². The summed E-state index contributed by atoms with van der Waals surface area (Å²) in [5, 5.41) is 17.7. The van der Waals surface area contributed by atoms with Crippen molar-refractivity contribution < 1.29 is 4.92 Å². The predicted octanol–water partition coefficient (Wildman–Crippen LogP) is 1.34. The van der Waals surface area contributed by atoms with Gasteiger partial charge in [0.1, 0.15) is 0 Å². The second-order valence-electron chi connectivity index (χ2n) is 3.50. The van der Waals surface area contributed by atoms with E-state index in [4.69, 9.17) is 0 Å². The monoisotopic (exact) mass is 233 g/mol. The van der Waals surface area contributed by atoms with Gasteiger partial charge in [0.05, 0.1) is 17.9 Å². The van der Waals surface area contributed by atoms with Gasteiger partial charge in [-0.05, 0) is 22.0 Å². The zero-order chi connectivity index (χ0) is 12.3. The van der Waals surface area contributed by atoms with Crippen LogP contribution in [-0.4, -0.2) is 19.7 Å². The van der Waals surface area contributed by atoms with E-state index in [0.29, 0.717) is 6.54 Å². The molecule has 0 aliphatic rings.